The maximum absolute atomic E-state index is 9.53. The van der Waals surface area contributed by atoms with Crippen LogP contribution in [-0.4, -0.2) is 10.1 Å². The Bertz CT molecular complexity index is 476. The van der Waals surface area contributed by atoms with Gasteiger partial charge in [0, 0.05) is 28.1 Å². The molecule has 2 rings (SSSR count). The number of aromatic hydroxyl groups is 1. The second kappa shape index (κ2) is 4.35. The largest absolute Gasteiger partial charge is 0.504 e. The van der Waals surface area contributed by atoms with E-state index >= 15 is 0 Å². The molecule has 0 amide bonds. The third-order valence-corrected chi connectivity index (χ3v) is 2.37. The van der Waals surface area contributed by atoms with Crippen LogP contribution in [0.4, 0.5) is 0 Å². The summed E-state index contributed by atoms with van der Waals surface area (Å²) in [5, 5.41) is 10.9. The van der Waals surface area contributed by atoms with Gasteiger partial charge in [-0.05, 0) is 18.2 Å². The van der Waals surface area contributed by atoms with Gasteiger partial charge >= 0.3 is 0 Å². The molecule has 1 aromatic carbocycles. The van der Waals surface area contributed by atoms with Crippen molar-refractivity contribution < 1.29 is 21.6 Å². The van der Waals surface area contributed by atoms with Crippen molar-refractivity contribution in [2.45, 2.75) is 0 Å². The number of aromatic nitrogens is 1. The van der Waals surface area contributed by atoms with Crippen LogP contribution in [0.5, 0.6) is 5.75 Å². The number of rotatable bonds is 0. The van der Waals surface area contributed by atoms with E-state index in [-0.39, 0.29) is 27.3 Å². The molecule has 0 fully saturated rings. The monoisotopic (exact) mass is 271 g/mol. The first-order valence-electron chi connectivity index (χ1n) is 3.62. The Morgan fingerprint density at radius 3 is 2.64 bits per heavy atom. The molecule has 0 aliphatic heterocycles. The molecule has 0 atom stereocenters. The first kappa shape index (κ1) is 11.6. The topological polar surface area (TPSA) is 33.1 Å². The average molecular weight is 273 g/mol. The summed E-state index contributed by atoms with van der Waals surface area (Å²) in [5.41, 5.74) is 0.431. The van der Waals surface area contributed by atoms with Crippen molar-refractivity contribution >= 4 is 34.1 Å². The van der Waals surface area contributed by atoms with E-state index in [0.717, 1.165) is 0 Å². The Kier molecular flexibility index (Phi) is 3.60. The van der Waals surface area contributed by atoms with E-state index in [4.69, 9.17) is 23.2 Å². The third-order valence-electron chi connectivity index (χ3n) is 1.77. The average Bonchev–Trinajstić information content (AvgIpc) is 2.15. The summed E-state index contributed by atoms with van der Waals surface area (Å²) in [6.45, 7) is 0. The van der Waals surface area contributed by atoms with Crippen molar-refractivity contribution in [3.8, 4) is 5.75 Å². The summed E-state index contributed by atoms with van der Waals surface area (Å²) in [5.74, 6) is -0.0262. The van der Waals surface area contributed by atoms with Crippen LogP contribution in [0.25, 0.3) is 10.9 Å². The van der Waals surface area contributed by atoms with Gasteiger partial charge in [0.15, 0.2) is 5.75 Å². The zero-order valence-corrected chi connectivity index (χ0v) is 9.28. The molecular weight excluding hydrogens is 268 g/mol. The second-order valence-corrected chi connectivity index (χ2v) is 3.40. The minimum atomic E-state index is -0.0262. The number of hydrogen-bond donors (Lipinski definition) is 1. The molecule has 0 spiro atoms. The third kappa shape index (κ3) is 1.81. The van der Waals surface area contributed by atoms with Crippen molar-refractivity contribution in [2.75, 3.05) is 0 Å². The maximum atomic E-state index is 9.53. The summed E-state index contributed by atoms with van der Waals surface area (Å²) in [6.07, 6.45) is 1.58. The number of nitrogens with zero attached hydrogens (tertiary/aromatic N) is 1. The zero-order chi connectivity index (χ0) is 9.42. The molecule has 0 bridgehead atoms. The number of fused-ring (bicyclic) bond motifs is 1. The van der Waals surface area contributed by atoms with Gasteiger partial charge in [0.1, 0.15) is 5.52 Å². The predicted octanol–water partition coefficient (Wildman–Crippen LogP) is 3.24. The van der Waals surface area contributed by atoms with Gasteiger partial charge in [-0.1, -0.05) is 23.2 Å². The van der Waals surface area contributed by atoms with E-state index < -0.39 is 0 Å². The molecule has 2 aromatic rings. The fraction of sp³-hybridized carbons (Fsp3) is 0. The van der Waals surface area contributed by atoms with Crippen LogP contribution >= 0.6 is 23.2 Å². The Balaban J connectivity index is 0.000000980. The molecule has 0 saturated carbocycles. The van der Waals surface area contributed by atoms with Crippen molar-refractivity contribution in [1.29, 1.82) is 0 Å². The van der Waals surface area contributed by atoms with Crippen molar-refractivity contribution in [3.63, 3.8) is 0 Å². The van der Waals surface area contributed by atoms with Crippen molar-refractivity contribution in [2.24, 2.45) is 0 Å². The first-order chi connectivity index (χ1) is 6.20. The quantitative estimate of drug-likeness (QED) is 0.747. The molecular formula is C9H5Cl2NNiO. The molecule has 2 nitrogen and oxygen atoms in total. The summed E-state index contributed by atoms with van der Waals surface area (Å²) in [6, 6.07) is 5.03. The molecule has 0 saturated heterocycles. The molecule has 0 unspecified atom stereocenters. The minimum absolute atomic E-state index is 0. The fourth-order valence-corrected chi connectivity index (χ4v) is 1.67. The summed E-state index contributed by atoms with van der Waals surface area (Å²) < 4.78 is 0. The van der Waals surface area contributed by atoms with Crippen LogP contribution in [-0.2, 0) is 16.5 Å². The normalized spacial score (nSPS) is 9.86. The Hall–Kier alpha value is -0.496. The molecule has 1 heterocycles. The second-order valence-electron chi connectivity index (χ2n) is 2.59. The maximum Gasteiger partial charge on any atom is 0.160 e. The smallest absolute Gasteiger partial charge is 0.160 e. The van der Waals surface area contributed by atoms with E-state index in [0.29, 0.717) is 15.9 Å². The van der Waals surface area contributed by atoms with Gasteiger partial charge in [-0.25, -0.2) is 0 Å². The molecule has 1 aromatic heterocycles. The summed E-state index contributed by atoms with van der Waals surface area (Å²) >= 11 is 11.6. The van der Waals surface area contributed by atoms with Gasteiger partial charge in [0.2, 0.25) is 0 Å². The van der Waals surface area contributed by atoms with Gasteiger partial charge in [0.25, 0.3) is 0 Å². The molecule has 1 N–H and O–H groups in total. The van der Waals surface area contributed by atoms with Crippen LogP contribution in [0.15, 0.2) is 24.4 Å². The SMILES string of the molecule is Oc1c(Cl)cc(Cl)c2cccnc12.[Ni]. The summed E-state index contributed by atoms with van der Waals surface area (Å²) in [7, 11) is 0. The zero-order valence-electron chi connectivity index (χ0n) is 6.78. The Morgan fingerprint density at radius 1 is 1.21 bits per heavy atom. The molecule has 0 aliphatic carbocycles. The molecule has 5 heteroatoms. The molecule has 0 aliphatic rings. The number of phenols is 1. The van der Waals surface area contributed by atoms with Gasteiger partial charge in [-0.15, -0.1) is 0 Å². The van der Waals surface area contributed by atoms with Crippen LogP contribution in [0, 0.1) is 0 Å². The van der Waals surface area contributed by atoms with Crippen molar-refractivity contribution in [3.05, 3.63) is 34.4 Å². The van der Waals surface area contributed by atoms with E-state index in [1.54, 1.807) is 18.3 Å². The Labute approximate surface area is 101 Å². The Morgan fingerprint density at radius 2 is 1.93 bits per heavy atom. The van der Waals surface area contributed by atoms with Gasteiger partial charge in [-0.2, -0.15) is 0 Å². The number of pyridine rings is 1. The number of halogens is 2. The molecule has 76 valence electrons. The van der Waals surface area contributed by atoms with E-state index in [9.17, 15) is 5.11 Å². The number of benzene rings is 1. The van der Waals surface area contributed by atoms with Crippen molar-refractivity contribution in [1.82, 2.24) is 4.98 Å². The minimum Gasteiger partial charge on any atom is -0.504 e. The van der Waals surface area contributed by atoms with Gasteiger partial charge in [-0.3, -0.25) is 4.98 Å². The summed E-state index contributed by atoms with van der Waals surface area (Å²) in [4.78, 5) is 3.98. The fourth-order valence-electron chi connectivity index (χ4n) is 1.16. The van der Waals surface area contributed by atoms with E-state index in [1.165, 1.54) is 6.07 Å². The van der Waals surface area contributed by atoms with E-state index in [1.807, 2.05) is 0 Å². The number of hydrogen-bond acceptors (Lipinski definition) is 2. The molecule has 0 radical (unpaired) electrons. The van der Waals surface area contributed by atoms with Crippen LogP contribution in [0.3, 0.4) is 0 Å². The molecule has 14 heavy (non-hydrogen) atoms. The van der Waals surface area contributed by atoms with E-state index in [2.05, 4.69) is 4.98 Å². The van der Waals surface area contributed by atoms with Crippen LogP contribution in [0.1, 0.15) is 0 Å². The van der Waals surface area contributed by atoms with Gasteiger partial charge in [0.05, 0.1) is 10.0 Å². The first-order valence-corrected chi connectivity index (χ1v) is 4.37. The van der Waals surface area contributed by atoms with Crippen LogP contribution in [0.2, 0.25) is 10.0 Å². The predicted molar refractivity (Wildman–Crippen MR) is 53.4 cm³/mol. The standard InChI is InChI=1S/C9H5Cl2NO.Ni/c10-6-4-7(11)9(13)8-5(6)2-1-3-12-8;/h1-4,13H;. The number of phenolic OH excluding ortho intramolecular Hbond substituents is 1. The van der Waals surface area contributed by atoms with Gasteiger partial charge < -0.3 is 5.11 Å². The van der Waals surface area contributed by atoms with Crippen LogP contribution < -0.4 is 0 Å².